The summed E-state index contributed by atoms with van der Waals surface area (Å²) in [5.74, 6) is 0.113. The first-order chi connectivity index (χ1) is 10.0. The largest absolute Gasteiger partial charge is 0.433 e. The fourth-order valence-corrected chi connectivity index (χ4v) is 2.13. The fraction of sp³-hybridized carbons (Fsp3) is 0.375. The van der Waals surface area contributed by atoms with Crippen LogP contribution in [0, 0.1) is 0 Å². The van der Waals surface area contributed by atoms with Crippen LogP contribution in [0.2, 0.25) is 0 Å². The lowest BCUT2D eigenvalue weighted by atomic mass is 10.1. The van der Waals surface area contributed by atoms with Crippen molar-refractivity contribution in [1.29, 1.82) is 0 Å². The van der Waals surface area contributed by atoms with Crippen LogP contribution in [0.15, 0.2) is 36.5 Å². The maximum absolute atomic E-state index is 13.2. The number of aryl methyl sites for hydroxylation is 1. The second kappa shape index (κ2) is 6.70. The van der Waals surface area contributed by atoms with Crippen molar-refractivity contribution in [2.45, 2.75) is 38.8 Å². The lowest BCUT2D eigenvalue weighted by Gasteiger charge is -2.12. The van der Waals surface area contributed by atoms with Crippen molar-refractivity contribution in [2.24, 2.45) is 0 Å². The lowest BCUT2D eigenvalue weighted by molar-refractivity contribution is -0.141. The van der Waals surface area contributed by atoms with Gasteiger partial charge < -0.3 is 0 Å². The van der Waals surface area contributed by atoms with Gasteiger partial charge in [-0.25, -0.2) is 9.97 Å². The minimum absolute atomic E-state index is 0.113. The first-order valence-electron chi connectivity index (χ1n) is 7.01. The molecule has 1 aromatic carbocycles. The number of rotatable bonds is 5. The van der Waals surface area contributed by atoms with Gasteiger partial charge in [0.15, 0.2) is 11.5 Å². The van der Waals surface area contributed by atoms with Crippen molar-refractivity contribution in [3.8, 4) is 11.4 Å². The maximum Gasteiger partial charge on any atom is 0.433 e. The average Bonchev–Trinajstić information content (AvgIpc) is 2.47. The molecule has 0 N–H and O–H groups in total. The van der Waals surface area contributed by atoms with Crippen LogP contribution in [0.25, 0.3) is 11.4 Å². The van der Waals surface area contributed by atoms with E-state index in [0.29, 0.717) is 18.4 Å². The van der Waals surface area contributed by atoms with Gasteiger partial charge in [0.2, 0.25) is 0 Å². The van der Waals surface area contributed by atoms with E-state index in [0.717, 1.165) is 12.8 Å². The van der Waals surface area contributed by atoms with Crippen LogP contribution in [-0.2, 0) is 12.6 Å². The van der Waals surface area contributed by atoms with Crippen LogP contribution in [0.3, 0.4) is 0 Å². The van der Waals surface area contributed by atoms with Gasteiger partial charge in [-0.05, 0) is 12.8 Å². The van der Waals surface area contributed by atoms with E-state index >= 15 is 0 Å². The van der Waals surface area contributed by atoms with Crippen LogP contribution < -0.4 is 0 Å². The second-order valence-corrected chi connectivity index (χ2v) is 4.89. The molecule has 2 aromatic rings. The Morgan fingerprint density at radius 3 is 2.38 bits per heavy atom. The predicted molar refractivity (Wildman–Crippen MR) is 75.7 cm³/mol. The molecule has 2 rings (SSSR count). The van der Waals surface area contributed by atoms with Gasteiger partial charge in [0.05, 0.1) is 0 Å². The third-order valence-corrected chi connectivity index (χ3v) is 3.21. The Kier molecular flexibility index (Phi) is 4.94. The van der Waals surface area contributed by atoms with Gasteiger partial charge in [-0.15, -0.1) is 0 Å². The average molecular weight is 294 g/mol. The van der Waals surface area contributed by atoms with Crippen LogP contribution in [0.4, 0.5) is 13.2 Å². The summed E-state index contributed by atoms with van der Waals surface area (Å²) in [7, 11) is 0. The van der Waals surface area contributed by atoms with Gasteiger partial charge in [0, 0.05) is 17.3 Å². The van der Waals surface area contributed by atoms with E-state index in [4.69, 9.17) is 0 Å². The van der Waals surface area contributed by atoms with Crippen molar-refractivity contribution in [3.63, 3.8) is 0 Å². The standard InChI is InChI=1S/C16H17F3N2/c1-2-3-5-10-13-11-20-15(12-8-6-4-7-9-12)21-14(13)16(17,18)19/h4,6-9,11H,2-3,5,10H2,1H3. The van der Waals surface area contributed by atoms with Crippen molar-refractivity contribution in [3.05, 3.63) is 47.8 Å². The minimum atomic E-state index is -4.45. The van der Waals surface area contributed by atoms with Crippen LogP contribution in [0.1, 0.15) is 37.4 Å². The van der Waals surface area contributed by atoms with Gasteiger partial charge in [-0.1, -0.05) is 50.1 Å². The zero-order valence-electron chi connectivity index (χ0n) is 11.8. The predicted octanol–water partition coefficient (Wildman–Crippen LogP) is 4.90. The summed E-state index contributed by atoms with van der Waals surface area (Å²) in [6, 6.07) is 8.70. The zero-order valence-corrected chi connectivity index (χ0v) is 11.8. The van der Waals surface area contributed by atoms with Gasteiger partial charge >= 0.3 is 6.18 Å². The molecule has 0 aliphatic rings. The molecule has 0 radical (unpaired) electrons. The van der Waals surface area contributed by atoms with Crippen LogP contribution in [0.5, 0.6) is 0 Å². The molecule has 0 saturated carbocycles. The topological polar surface area (TPSA) is 25.8 Å². The number of nitrogens with zero attached hydrogens (tertiary/aromatic N) is 2. The summed E-state index contributed by atoms with van der Waals surface area (Å²) in [6.07, 6.45) is -0.199. The second-order valence-electron chi connectivity index (χ2n) is 4.89. The third kappa shape index (κ3) is 4.03. The van der Waals surface area contributed by atoms with Crippen LogP contribution in [-0.4, -0.2) is 9.97 Å². The molecular formula is C16H17F3N2. The number of halogens is 3. The quantitative estimate of drug-likeness (QED) is 0.733. The van der Waals surface area contributed by atoms with E-state index < -0.39 is 11.9 Å². The number of hydrogen-bond donors (Lipinski definition) is 0. The Balaban J connectivity index is 2.36. The van der Waals surface area contributed by atoms with Crippen molar-refractivity contribution in [2.75, 3.05) is 0 Å². The van der Waals surface area contributed by atoms with Gasteiger partial charge in [-0.3, -0.25) is 0 Å². The van der Waals surface area contributed by atoms with E-state index in [2.05, 4.69) is 9.97 Å². The van der Waals surface area contributed by atoms with E-state index in [1.54, 1.807) is 30.3 Å². The maximum atomic E-state index is 13.2. The summed E-state index contributed by atoms with van der Waals surface area (Å²) in [5, 5.41) is 0. The number of alkyl halides is 3. The highest BCUT2D eigenvalue weighted by Gasteiger charge is 2.35. The molecule has 1 aromatic heterocycles. The smallest absolute Gasteiger partial charge is 0.236 e. The Morgan fingerprint density at radius 1 is 1.05 bits per heavy atom. The highest BCUT2D eigenvalue weighted by Crippen LogP contribution is 2.32. The molecule has 0 atom stereocenters. The number of benzene rings is 1. The van der Waals surface area contributed by atoms with Crippen LogP contribution >= 0.6 is 0 Å². The van der Waals surface area contributed by atoms with E-state index in [1.807, 2.05) is 6.92 Å². The summed E-state index contributed by atoms with van der Waals surface area (Å²) in [5.41, 5.74) is -0.0498. The molecule has 112 valence electrons. The molecule has 0 amide bonds. The van der Waals surface area contributed by atoms with Crippen molar-refractivity contribution >= 4 is 0 Å². The molecule has 0 aliphatic heterocycles. The number of unbranched alkanes of at least 4 members (excludes halogenated alkanes) is 2. The Hall–Kier alpha value is -1.91. The lowest BCUT2D eigenvalue weighted by Crippen LogP contribution is -2.13. The zero-order chi connectivity index (χ0) is 15.3. The van der Waals surface area contributed by atoms with E-state index in [9.17, 15) is 13.2 Å². The monoisotopic (exact) mass is 294 g/mol. The SMILES string of the molecule is CCCCCc1cnc(-c2ccccc2)nc1C(F)(F)F. The first kappa shape index (κ1) is 15.5. The highest BCUT2D eigenvalue weighted by molar-refractivity contribution is 5.54. The minimum Gasteiger partial charge on any atom is -0.236 e. The summed E-state index contributed by atoms with van der Waals surface area (Å²) in [4.78, 5) is 7.85. The highest BCUT2D eigenvalue weighted by atomic mass is 19.4. The van der Waals surface area contributed by atoms with E-state index in [1.165, 1.54) is 6.20 Å². The van der Waals surface area contributed by atoms with Crippen molar-refractivity contribution < 1.29 is 13.2 Å². The molecule has 5 heteroatoms. The Morgan fingerprint density at radius 2 is 1.76 bits per heavy atom. The molecule has 0 saturated heterocycles. The molecule has 0 unspecified atom stereocenters. The molecule has 1 heterocycles. The Labute approximate surface area is 122 Å². The van der Waals surface area contributed by atoms with Gasteiger partial charge in [0.1, 0.15) is 0 Å². The third-order valence-electron chi connectivity index (χ3n) is 3.21. The van der Waals surface area contributed by atoms with E-state index in [-0.39, 0.29) is 11.4 Å². The number of hydrogen-bond acceptors (Lipinski definition) is 2. The summed E-state index contributed by atoms with van der Waals surface area (Å²) in [6.45, 7) is 2.01. The summed E-state index contributed by atoms with van der Waals surface area (Å²) < 4.78 is 39.5. The molecule has 2 nitrogen and oxygen atoms in total. The first-order valence-corrected chi connectivity index (χ1v) is 7.01. The molecule has 21 heavy (non-hydrogen) atoms. The Bertz CT molecular complexity index is 580. The molecule has 0 fully saturated rings. The van der Waals surface area contributed by atoms with Crippen molar-refractivity contribution in [1.82, 2.24) is 9.97 Å². The molecular weight excluding hydrogens is 277 g/mol. The molecule has 0 bridgehead atoms. The molecule has 0 aliphatic carbocycles. The molecule has 0 spiro atoms. The van der Waals surface area contributed by atoms with Gasteiger partial charge in [-0.2, -0.15) is 13.2 Å². The van der Waals surface area contributed by atoms with Gasteiger partial charge in [0.25, 0.3) is 0 Å². The normalized spacial score (nSPS) is 11.6. The summed E-state index contributed by atoms with van der Waals surface area (Å²) >= 11 is 0. The fourth-order valence-electron chi connectivity index (χ4n) is 2.13. The number of aromatic nitrogens is 2.